The van der Waals surface area contributed by atoms with E-state index in [1.54, 1.807) is 24.3 Å². The maximum absolute atomic E-state index is 12.6. The summed E-state index contributed by atoms with van der Waals surface area (Å²) in [5, 5.41) is 7.78. The number of nitrogens with zero attached hydrogens (tertiary/aromatic N) is 3. The molecule has 2 heterocycles. The molecule has 2 aromatic carbocycles. The van der Waals surface area contributed by atoms with Gasteiger partial charge in [-0.3, -0.25) is 9.59 Å². The molecule has 0 fully saturated rings. The second-order valence-corrected chi connectivity index (χ2v) is 9.12. The summed E-state index contributed by atoms with van der Waals surface area (Å²) in [7, 11) is 0. The van der Waals surface area contributed by atoms with Crippen LogP contribution >= 0.6 is 11.3 Å². The van der Waals surface area contributed by atoms with E-state index in [9.17, 15) is 14.4 Å². The molecule has 0 unspecified atom stereocenters. The summed E-state index contributed by atoms with van der Waals surface area (Å²) in [4.78, 5) is 42.0. The molecular weight excluding hydrogens is 468 g/mol. The standard InChI is InChI=1S/C25H24N4O5S/c1-15(2)23-28-29-22(31)12-19(27-25(29)35-23)13-34-24(32)17-8-6-9-18(11-17)26-21(30)14-33-20-10-5-4-7-16(20)3/h4-12,15H,13-14H2,1-3H3,(H,26,30). The first-order valence-corrected chi connectivity index (χ1v) is 11.8. The molecule has 4 rings (SSSR count). The van der Waals surface area contributed by atoms with E-state index >= 15 is 0 Å². The van der Waals surface area contributed by atoms with Crippen LogP contribution in [-0.4, -0.2) is 33.1 Å². The van der Waals surface area contributed by atoms with Crippen LogP contribution in [0, 0.1) is 6.92 Å². The smallest absolute Gasteiger partial charge is 0.338 e. The van der Waals surface area contributed by atoms with Crippen LogP contribution in [0.2, 0.25) is 0 Å². The topological polar surface area (TPSA) is 112 Å². The normalized spacial score (nSPS) is 11.0. The largest absolute Gasteiger partial charge is 0.483 e. The van der Waals surface area contributed by atoms with E-state index in [-0.39, 0.29) is 36.2 Å². The molecule has 0 atom stereocenters. The maximum Gasteiger partial charge on any atom is 0.338 e. The van der Waals surface area contributed by atoms with Crippen LogP contribution < -0.4 is 15.6 Å². The molecule has 1 amide bonds. The van der Waals surface area contributed by atoms with Crippen LogP contribution in [0.3, 0.4) is 0 Å². The fourth-order valence-corrected chi connectivity index (χ4v) is 4.11. The Kier molecular flexibility index (Phi) is 7.21. The Hall–Kier alpha value is -4.05. The quantitative estimate of drug-likeness (QED) is 0.371. The van der Waals surface area contributed by atoms with Gasteiger partial charge in [-0.1, -0.05) is 49.4 Å². The summed E-state index contributed by atoms with van der Waals surface area (Å²) >= 11 is 1.32. The van der Waals surface area contributed by atoms with Crippen molar-refractivity contribution >= 4 is 33.9 Å². The predicted octanol–water partition coefficient (Wildman–Crippen LogP) is 3.96. The molecule has 0 spiro atoms. The number of carbonyl (C=O) groups excluding carboxylic acids is 2. The van der Waals surface area contributed by atoms with Crippen molar-refractivity contribution in [2.45, 2.75) is 33.3 Å². The molecule has 0 saturated carbocycles. The summed E-state index contributed by atoms with van der Waals surface area (Å²) in [6.07, 6.45) is 0. The Morgan fingerprint density at radius 1 is 1.11 bits per heavy atom. The van der Waals surface area contributed by atoms with E-state index < -0.39 is 5.97 Å². The van der Waals surface area contributed by atoms with E-state index in [0.717, 1.165) is 10.6 Å². The number of anilines is 1. The highest BCUT2D eigenvalue weighted by molar-refractivity contribution is 7.16. The molecule has 2 aromatic heterocycles. The average Bonchev–Trinajstić information content (AvgIpc) is 3.28. The van der Waals surface area contributed by atoms with E-state index in [2.05, 4.69) is 15.4 Å². The number of benzene rings is 2. The third-order valence-corrected chi connectivity index (χ3v) is 6.20. The van der Waals surface area contributed by atoms with Crippen LogP contribution in [0.1, 0.15) is 46.4 Å². The molecule has 180 valence electrons. The number of hydrogen-bond acceptors (Lipinski definition) is 8. The Morgan fingerprint density at radius 3 is 2.69 bits per heavy atom. The second-order valence-electron chi connectivity index (χ2n) is 8.13. The van der Waals surface area contributed by atoms with E-state index in [4.69, 9.17) is 9.47 Å². The van der Waals surface area contributed by atoms with Crippen molar-refractivity contribution in [3.05, 3.63) is 86.8 Å². The van der Waals surface area contributed by atoms with Crippen molar-refractivity contribution < 1.29 is 19.1 Å². The number of para-hydroxylation sites is 1. The van der Waals surface area contributed by atoms with Crippen LogP contribution in [0.15, 0.2) is 59.4 Å². The number of aromatic nitrogens is 3. The van der Waals surface area contributed by atoms with Gasteiger partial charge in [0.05, 0.1) is 11.3 Å². The predicted molar refractivity (Wildman–Crippen MR) is 132 cm³/mol. The van der Waals surface area contributed by atoms with Gasteiger partial charge < -0.3 is 14.8 Å². The van der Waals surface area contributed by atoms with Gasteiger partial charge in [0.25, 0.3) is 11.5 Å². The summed E-state index contributed by atoms with van der Waals surface area (Å²) in [6, 6.07) is 15.1. The van der Waals surface area contributed by atoms with Gasteiger partial charge >= 0.3 is 5.97 Å². The van der Waals surface area contributed by atoms with Gasteiger partial charge in [0.15, 0.2) is 6.61 Å². The number of nitrogens with one attached hydrogen (secondary N) is 1. The van der Waals surface area contributed by atoms with Crippen molar-refractivity contribution in [3.63, 3.8) is 0 Å². The molecule has 0 radical (unpaired) electrons. The molecule has 0 aliphatic heterocycles. The van der Waals surface area contributed by atoms with E-state index in [1.807, 2.05) is 39.0 Å². The molecular formula is C25H24N4O5S. The van der Waals surface area contributed by atoms with Gasteiger partial charge in [0, 0.05) is 17.7 Å². The Balaban J connectivity index is 1.37. The van der Waals surface area contributed by atoms with Gasteiger partial charge in [-0.05, 0) is 36.8 Å². The van der Waals surface area contributed by atoms with Crippen molar-refractivity contribution in [1.29, 1.82) is 0 Å². The Labute approximate surface area is 205 Å². The molecule has 4 aromatic rings. The number of esters is 1. The van der Waals surface area contributed by atoms with Crippen molar-refractivity contribution in [2.24, 2.45) is 0 Å². The fraction of sp³-hybridized carbons (Fsp3) is 0.240. The molecule has 0 aliphatic rings. The highest BCUT2D eigenvalue weighted by atomic mass is 32.1. The molecule has 10 heteroatoms. The van der Waals surface area contributed by atoms with Gasteiger partial charge in [-0.15, -0.1) is 0 Å². The number of hydrogen-bond donors (Lipinski definition) is 1. The summed E-state index contributed by atoms with van der Waals surface area (Å²) in [5.41, 5.74) is 1.61. The number of ether oxygens (including phenoxy) is 2. The lowest BCUT2D eigenvalue weighted by atomic mass is 10.2. The first kappa shape index (κ1) is 24.1. The first-order valence-electron chi connectivity index (χ1n) is 11.0. The molecule has 35 heavy (non-hydrogen) atoms. The monoisotopic (exact) mass is 492 g/mol. The fourth-order valence-electron chi connectivity index (χ4n) is 3.18. The summed E-state index contributed by atoms with van der Waals surface area (Å²) < 4.78 is 12.1. The zero-order valence-corrected chi connectivity index (χ0v) is 20.3. The number of rotatable bonds is 8. The van der Waals surface area contributed by atoms with Gasteiger partial charge in [-0.2, -0.15) is 9.61 Å². The lowest BCUT2D eigenvalue weighted by Crippen LogP contribution is -2.20. The molecule has 0 saturated heterocycles. The van der Waals surface area contributed by atoms with Gasteiger partial charge in [0.1, 0.15) is 17.4 Å². The van der Waals surface area contributed by atoms with E-state index in [1.165, 1.54) is 28.0 Å². The minimum Gasteiger partial charge on any atom is -0.483 e. The number of aryl methyl sites for hydroxylation is 1. The van der Waals surface area contributed by atoms with Crippen LogP contribution in [0.25, 0.3) is 4.96 Å². The van der Waals surface area contributed by atoms with Crippen LogP contribution in [0.5, 0.6) is 5.75 Å². The third-order valence-electron chi connectivity index (χ3n) is 4.99. The Bertz CT molecular complexity index is 1440. The van der Waals surface area contributed by atoms with E-state index in [0.29, 0.717) is 22.1 Å². The molecule has 1 N–H and O–H groups in total. The van der Waals surface area contributed by atoms with Crippen molar-refractivity contribution in [2.75, 3.05) is 11.9 Å². The summed E-state index contributed by atoms with van der Waals surface area (Å²) in [5.74, 6) is -0.164. The second kappa shape index (κ2) is 10.5. The molecule has 0 aliphatic carbocycles. The molecule has 0 bridgehead atoms. The first-order chi connectivity index (χ1) is 16.8. The number of carbonyl (C=O) groups is 2. The third kappa shape index (κ3) is 5.90. The van der Waals surface area contributed by atoms with Crippen molar-refractivity contribution in [1.82, 2.24) is 14.6 Å². The zero-order valence-electron chi connectivity index (χ0n) is 19.5. The Morgan fingerprint density at radius 2 is 1.91 bits per heavy atom. The summed E-state index contributed by atoms with van der Waals surface area (Å²) in [6.45, 7) is 5.53. The minimum atomic E-state index is -0.605. The highest BCUT2D eigenvalue weighted by Gasteiger charge is 2.14. The highest BCUT2D eigenvalue weighted by Crippen LogP contribution is 2.20. The van der Waals surface area contributed by atoms with Gasteiger partial charge in [0.2, 0.25) is 4.96 Å². The minimum absolute atomic E-state index is 0.166. The zero-order chi connectivity index (χ0) is 24.9. The van der Waals surface area contributed by atoms with Crippen LogP contribution in [0.4, 0.5) is 5.69 Å². The maximum atomic E-state index is 12.6. The van der Waals surface area contributed by atoms with Crippen molar-refractivity contribution in [3.8, 4) is 5.75 Å². The number of fused-ring (bicyclic) bond motifs is 1. The lowest BCUT2D eigenvalue weighted by Gasteiger charge is -2.10. The molecule has 9 nitrogen and oxygen atoms in total. The van der Waals surface area contributed by atoms with Crippen LogP contribution in [-0.2, 0) is 16.1 Å². The number of amides is 1. The average molecular weight is 493 g/mol. The SMILES string of the molecule is Cc1ccccc1OCC(=O)Nc1cccc(C(=O)OCc2cc(=O)n3nc(C(C)C)sc3n2)c1. The lowest BCUT2D eigenvalue weighted by molar-refractivity contribution is -0.118. The van der Waals surface area contributed by atoms with Gasteiger partial charge in [-0.25, -0.2) is 9.78 Å².